The fourth-order valence-corrected chi connectivity index (χ4v) is 4.92. The first kappa shape index (κ1) is 31.1. The van der Waals surface area contributed by atoms with E-state index in [-0.39, 0.29) is 18.3 Å². The van der Waals surface area contributed by atoms with E-state index in [9.17, 15) is 9.90 Å². The molecule has 206 valence electrons. The third-order valence-corrected chi connectivity index (χ3v) is 7.30. The molecule has 0 spiro atoms. The van der Waals surface area contributed by atoms with Crippen LogP contribution in [0.1, 0.15) is 108 Å². The average molecular weight is 511 g/mol. The van der Waals surface area contributed by atoms with Crippen LogP contribution >= 0.6 is 0 Å². The highest BCUT2D eigenvalue weighted by Gasteiger charge is 2.29. The molecule has 0 aliphatic rings. The lowest BCUT2D eigenvalue weighted by atomic mass is 9.85. The number of carboxylic acids is 1. The second kappa shape index (κ2) is 19.9. The zero-order valence-corrected chi connectivity index (χ0v) is 23.3. The molecule has 0 fully saturated rings. The largest absolute Gasteiger partial charge is 0.481 e. The summed E-state index contributed by atoms with van der Waals surface area (Å²) in [5.74, 6) is -0.746. The van der Waals surface area contributed by atoms with Gasteiger partial charge in [0.25, 0.3) is 0 Å². The highest BCUT2D eigenvalue weighted by atomic mass is 16.7. The summed E-state index contributed by atoms with van der Waals surface area (Å²) < 4.78 is 12.5. The van der Waals surface area contributed by atoms with Crippen molar-refractivity contribution in [1.82, 2.24) is 0 Å². The van der Waals surface area contributed by atoms with Crippen LogP contribution in [0.2, 0.25) is 0 Å². The molecular weight excluding hydrogens is 460 g/mol. The number of hydrogen-bond acceptors (Lipinski definition) is 3. The highest BCUT2D eigenvalue weighted by Crippen LogP contribution is 2.29. The molecule has 2 unspecified atom stereocenters. The van der Waals surface area contributed by atoms with Gasteiger partial charge in [-0.2, -0.15) is 0 Å². The molecular formula is C33H50O4. The van der Waals surface area contributed by atoms with Gasteiger partial charge in [0.1, 0.15) is 0 Å². The molecule has 2 aromatic carbocycles. The van der Waals surface area contributed by atoms with Crippen LogP contribution in [0, 0.1) is 11.8 Å². The standard InChI is InChI=1S/C33H50O4/c1-3-4-5-6-7-8-9-10-11-12-19-24-31(25-32(34)35)28(2)33(36-26-29-20-15-13-16-21-29)37-27-30-22-17-14-18-23-30/h13-18,20-23,28,31,33H,3-12,19,24-27H2,1-2H3,(H,34,35). The Morgan fingerprint density at radius 2 is 1.14 bits per heavy atom. The smallest absolute Gasteiger partial charge is 0.303 e. The second-order valence-electron chi connectivity index (χ2n) is 10.5. The molecule has 0 aliphatic carbocycles. The summed E-state index contributed by atoms with van der Waals surface area (Å²) in [6, 6.07) is 20.2. The summed E-state index contributed by atoms with van der Waals surface area (Å²) in [4.78, 5) is 11.7. The van der Waals surface area contributed by atoms with Crippen molar-refractivity contribution in [3.05, 3.63) is 71.8 Å². The van der Waals surface area contributed by atoms with Gasteiger partial charge in [-0.05, 0) is 23.5 Å². The summed E-state index contributed by atoms with van der Waals surface area (Å²) >= 11 is 0. The number of aliphatic carboxylic acids is 1. The van der Waals surface area contributed by atoms with Gasteiger partial charge in [0.2, 0.25) is 0 Å². The number of benzene rings is 2. The Morgan fingerprint density at radius 3 is 1.57 bits per heavy atom. The zero-order chi connectivity index (χ0) is 26.6. The van der Waals surface area contributed by atoms with Gasteiger partial charge in [-0.1, -0.05) is 145 Å². The third-order valence-electron chi connectivity index (χ3n) is 7.30. The van der Waals surface area contributed by atoms with Crippen molar-refractivity contribution in [3.63, 3.8) is 0 Å². The van der Waals surface area contributed by atoms with Gasteiger partial charge >= 0.3 is 5.97 Å². The van der Waals surface area contributed by atoms with Crippen molar-refractivity contribution < 1.29 is 19.4 Å². The Hall–Kier alpha value is -2.17. The van der Waals surface area contributed by atoms with Gasteiger partial charge in [-0.15, -0.1) is 0 Å². The first-order chi connectivity index (χ1) is 18.1. The maximum absolute atomic E-state index is 11.7. The molecule has 2 rings (SSSR count). The van der Waals surface area contributed by atoms with E-state index in [1.807, 2.05) is 60.7 Å². The summed E-state index contributed by atoms with van der Waals surface area (Å²) in [7, 11) is 0. The fraction of sp³-hybridized carbons (Fsp3) is 0.606. The lowest BCUT2D eigenvalue weighted by molar-refractivity contribution is -0.193. The molecule has 4 heteroatoms. The maximum atomic E-state index is 11.7. The Balaban J connectivity index is 1.84. The molecule has 0 radical (unpaired) electrons. The molecule has 0 saturated carbocycles. The fourth-order valence-electron chi connectivity index (χ4n) is 4.92. The maximum Gasteiger partial charge on any atom is 0.303 e. The Labute approximate surface area is 225 Å². The SMILES string of the molecule is CCCCCCCCCCCCCC(CC(=O)O)C(C)C(OCc1ccccc1)OCc1ccccc1. The van der Waals surface area contributed by atoms with Crippen LogP contribution in [0.3, 0.4) is 0 Å². The van der Waals surface area contributed by atoms with Crippen molar-refractivity contribution in [2.24, 2.45) is 11.8 Å². The first-order valence-corrected chi connectivity index (χ1v) is 14.6. The quantitative estimate of drug-likeness (QED) is 0.127. The van der Waals surface area contributed by atoms with Crippen molar-refractivity contribution in [2.75, 3.05) is 0 Å². The van der Waals surface area contributed by atoms with Crippen LogP contribution in [0.15, 0.2) is 60.7 Å². The van der Waals surface area contributed by atoms with Crippen molar-refractivity contribution in [2.45, 2.75) is 117 Å². The lowest BCUT2D eigenvalue weighted by Gasteiger charge is -2.30. The number of carbonyl (C=O) groups is 1. The zero-order valence-electron chi connectivity index (χ0n) is 23.3. The Morgan fingerprint density at radius 1 is 0.703 bits per heavy atom. The van der Waals surface area contributed by atoms with Crippen molar-refractivity contribution >= 4 is 5.97 Å². The van der Waals surface area contributed by atoms with E-state index >= 15 is 0 Å². The Kier molecular flexibility index (Phi) is 16.7. The van der Waals surface area contributed by atoms with Crippen LogP contribution in [-0.4, -0.2) is 17.4 Å². The van der Waals surface area contributed by atoms with Gasteiger partial charge in [0.15, 0.2) is 6.29 Å². The van der Waals surface area contributed by atoms with Gasteiger partial charge in [0, 0.05) is 12.3 Å². The first-order valence-electron chi connectivity index (χ1n) is 14.6. The number of hydrogen-bond donors (Lipinski definition) is 1. The minimum absolute atomic E-state index is 0.0209. The number of unbranched alkanes of at least 4 members (excludes halogenated alkanes) is 10. The molecule has 2 aromatic rings. The van der Waals surface area contributed by atoms with E-state index in [1.54, 1.807) is 0 Å². The molecule has 0 amide bonds. The molecule has 2 atom stereocenters. The van der Waals surface area contributed by atoms with Crippen LogP contribution in [0.25, 0.3) is 0 Å². The number of rotatable bonds is 22. The number of ether oxygens (including phenoxy) is 2. The predicted octanol–water partition coefficient (Wildman–Crippen LogP) is 9.17. The molecule has 4 nitrogen and oxygen atoms in total. The number of carboxylic acid groups (broad SMARTS) is 1. The van der Waals surface area contributed by atoms with Crippen molar-refractivity contribution in [1.29, 1.82) is 0 Å². The Bertz CT molecular complexity index is 764. The van der Waals surface area contributed by atoms with E-state index in [0.717, 1.165) is 24.0 Å². The topological polar surface area (TPSA) is 55.8 Å². The van der Waals surface area contributed by atoms with Crippen LogP contribution in [0.5, 0.6) is 0 Å². The summed E-state index contributed by atoms with van der Waals surface area (Å²) in [6.07, 6.45) is 14.8. The molecule has 37 heavy (non-hydrogen) atoms. The molecule has 0 saturated heterocycles. The van der Waals surface area contributed by atoms with E-state index in [1.165, 1.54) is 64.2 Å². The lowest BCUT2D eigenvalue weighted by Crippen LogP contribution is -2.32. The van der Waals surface area contributed by atoms with Crippen LogP contribution < -0.4 is 0 Å². The second-order valence-corrected chi connectivity index (χ2v) is 10.5. The van der Waals surface area contributed by atoms with E-state index in [4.69, 9.17) is 9.47 Å². The van der Waals surface area contributed by atoms with Gasteiger partial charge in [-0.25, -0.2) is 0 Å². The van der Waals surface area contributed by atoms with Gasteiger partial charge in [0.05, 0.1) is 13.2 Å². The van der Waals surface area contributed by atoms with Gasteiger partial charge in [-0.3, -0.25) is 4.79 Å². The normalized spacial score (nSPS) is 13.1. The summed E-state index contributed by atoms with van der Waals surface area (Å²) in [6.45, 7) is 5.25. The van der Waals surface area contributed by atoms with Crippen LogP contribution in [0.4, 0.5) is 0 Å². The molecule has 0 aliphatic heterocycles. The van der Waals surface area contributed by atoms with E-state index in [0.29, 0.717) is 13.2 Å². The highest BCUT2D eigenvalue weighted by molar-refractivity contribution is 5.67. The summed E-state index contributed by atoms with van der Waals surface area (Å²) in [5.41, 5.74) is 2.17. The monoisotopic (exact) mass is 510 g/mol. The third kappa shape index (κ3) is 14.4. The predicted molar refractivity (Wildman–Crippen MR) is 152 cm³/mol. The van der Waals surface area contributed by atoms with Crippen molar-refractivity contribution in [3.8, 4) is 0 Å². The van der Waals surface area contributed by atoms with E-state index in [2.05, 4.69) is 13.8 Å². The molecule has 0 heterocycles. The molecule has 1 N–H and O–H groups in total. The molecule has 0 aromatic heterocycles. The van der Waals surface area contributed by atoms with Gasteiger partial charge < -0.3 is 14.6 Å². The minimum atomic E-state index is -0.746. The average Bonchev–Trinajstić information content (AvgIpc) is 2.91. The molecule has 0 bridgehead atoms. The summed E-state index contributed by atoms with van der Waals surface area (Å²) in [5, 5.41) is 9.63. The minimum Gasteiger partial charge on any atom is -0.481 e. The van der Waals surface area contributed by atoms with Crippen LogP contribution in [-0.2, 0) is 27.5 Å². The van der Waals surface area contributed by atoms with E-state index < -0.39 is 12.3 Å².